The van der Waals surface area contributed by atoms with E-state index >= 15 is 0 Å². The third-order valence-electron chi connectivity index (χ3n) is 4.20. The van der Waals surface area contributed by atoms with E-state index in [-0.39, 0.29) is 18.1 Å². The molecular weight excluding hydrogens is 359 g/mol. The number of carbonyl (C=O) groups excluding carboxylic acids is 2. The summed E-state index contributed by atoms with van der Waals surface area (Å²) in [6.45, 7) is 3.24. The SMILES string of the molecule is CC(=O)OCc1ccc(-c2ccc(OC(=O)c3ccc(C)c(F)c3)cc2)cc1. The quantitative estimate of drug-likeness (QED) is 0.459. The van der Waals surface area contributed by atoms with Crippen LogP contribution in [0.15, 0.2) is 66.7 Å². The molecule has 3 rings (SSSR count). The summed E-state index contributed by atoms with van der Waals surface area (Å²) in [6.07, 6.45) is 0. The van der Waals surface area contributed by atoms with Gasteiger partial charge in [0.25, 0.3) is 0 Å². The Bertz CT molecular complexity index is 992. The van der Waals surface area contributed by atoms with Gasteiger partial charge in [-0.25, -0.2) is 9.18 Å². The van der Waals surface area contributed by atoms with Gasteiger partial charge in [0.1, 0.15) is 18.2 Å². The largest absolute Gasteiger partial charge is 0.461 e. The van der Waals surface area contributed by atoms with Crippen molar-refractivity contribution in [2.45, 2.75) is 20.5 Å². The third-order valence-corrected chi connectivity index (χ3v) is 4.20. The molecule has 0 amide bonds. The van der Waals surface area contributed by atoms with Crippen LogP contribution < -0.4 is 4.74 Å². The lowest BCUT2D eigenvalue weighted by atomic mass is 10.0. The van der Waals surface area contributed by atoms with Gasteiger partial charge in [-0.15, -0.1) is 0 Å². The van der Waals surface area contributed by atoms with Gasteiger partial charge in [-0.2, -0.15) is 0 Å². The number of ether oxygens (including phenoxy) is 2. The van der Waals surface area contributed by atoms with Crippen LogP contribution in [0, 0.1) is 12.7 Å². The summed E-state index contributed by atoms with van der Waals surface area (Å²) in [4.78, 5) is 23.0. The number of esters is 2. The summed E-state index contributed by atoms with van der Waals surface area (Å²) in [5, 5.41) is 0. The summed E-state index contributed by atoms with van der Waals surface area (Å²) >= 11 is 0. The fourth-order valence-electron chi connectivity index (χ4n) is 2.58. The van der Waals surface area contributed by atoms with Gasteiger partial charge in [-0.3, -0.25) is 4.79 Å². The highest BCUT2D eigenvalue weighted by atomic mass is 19.1. The Morgan fingerprint density at radius 3 is 2.07 bits per heavy atom. The Morgan fingerprint density at radius 2 is 1.50 bits per heavy atom. The zero-order valence-corrected chi connectivity index (χ0v) is 15.6. The fourth-order valence-corrected chi connectivity index (χ4v) is 2.58. The normalized spacial score (nSPS) is 10.4. The molecule has 3 aromatic carbocycles. The van der Waals surface area contributed by atoms with Crippen molar-refractivity contribution in [3.63, 3.8) is 0 Å². The minimum absolute atomic E-state index is 0.163. The lowest BCUT2D eigenvalue weighted by Gasteiger charge is -2.08. The molecular formula is C23H19FO4. The average Bonchev–Trinajstić information content (AvgIpc) is 2.69. The van der Waals surface area contributed by atoms with E-state index < -0.39 is 11.8 Å². The first-order chi connectivity index (χ1) is 13.4. The van der Waals surface area contributed by atoms with E-state index in [1.54, 1.807) is 25.1 Å². The maximum absolute atomic E-state index is 13.6. The number of rotatable bonds is 5. The number of benzene rings is 3. The van der Waals surface area contributed by atoms with Crippen molar-refractivity contribution in [2.75, 3.05) is 0 Å². The molecule has 4 nitrogen and oxygen atoms in total. The topological polar surface area (TPSA) is 52.6 Å². The smallest absolute Gasteiger partial charge is 0.343 e. The van der Waals surface area contributed by atoms with Gasteiger partial charge < -0.3 is 9.47 Å². The first-order valence-electron chi connectivity index (χ1n) is 8.73. The van der Waals surface area contributed by atoms with Crippen LogP contribution in [0.3, 0.4) is 0 Å². The van der Waals surface area contributed by atoms with E-state index in [9.17, 15) is 14.0 Å². The highest BCUT2D eigenvalue weighted by Gasteiger charge is 2.11. The van der Waals surface area contributed by atoms with E-state index in [0.717, 1.165) is 16.7 Å². The number of carbonyl (C=O) groups is 2. The second kappa shape index (κ2) is 8.48. The molecule has 0 saturated heterocycles. The van der Waals surface area contributed by atoms with Crippen molar-refractivity contribution in [1.82, 2.24) is 0 Å². The first-order valence-corrected chi connectivity index (χ1v) is 8.73. The molecule has 5 heteroatoms. The molecule has 0 bridgehead atoms. The number of halogens is 1. The van der Waals surface area contributed by atoms with Crippen molar-refractivity contribution in [3.05, 3.63) is 89.2 Å². The van der Waals surface area contributed by atoms with Crippen molar-refractivity contribution in [3.8, 4) is 16.9 Å². The van der Waals surface area contributed by atoms with E-state index in [1.807, 2.05) is 36.4 Å². The molecule has 0 saturated carbocycles. The molecule has 0 atom stereocenters. The van der Waals surface area contributed by atoms with Gasteiger partial charge in [0, 0.05) is 6.92 Å². The Labute approximate surface area is 162 Å². The van der Waals surface area contributed by atoms with E-state index in [1.165, 1.54) is 19.1 Å². The third kappa shape index (κ3) is 4.82. The standard InChI is InChI=1S/C23H19FO4/c1-15-3-6-20(13-22(15)24)23(26)28-21-11-9-19(10-12-21)18-7-4-17(5-8-18)14-27-16(2)25/h3-13H,14H2,1-2H3. The molecule has 0 fully saturated rings. The van der Waals surface area contributed by atoms with Crippen molar-refractivity contribution < 1.29 is 23.5 Å². The molecule has 0 aliphatic heterocycles. The van der Waals surface area contributed by atoms with Crippen molar-refractivity contribution in [1.29, 1.82) is 0 Å². The first kappa shape index (κ1) is 19.3. The Morgan fingerprint density at radius 1 is 0.893 bits per heavy atom. The van der Waals surface area contributed by atoms with Gasteiger partial charge in [-0.05, 0) is 53.4 Å². The summed E-state index contributed by atoms with van der Waals surface area (Å²) in [7, 11) is 0. The molecule has 0 heterocycles. The van der Waals surface area contributed by atoms with Crippen LogP contribution in [-0.4, -0.2) is 11.9 Å². The summed E-state index contributed by atoms with van der Waals surface area (Å²) < 4.78 is 23.9. The monoisotopic (exact) mass is 378 g/mol. The molecule has 0 unspecified atom stereocenters. The summed E-state index contributed by atoms with van der Waals surface area (Å²) in [5.74, 6) is -0.993. The van der Waals surface area contributed by atoms with Gasteiger partial charge >= 0.3 is 11.9 Å². The predicted octanol–water partition coefficient (Wildman–Crippen LogP) is 5.08. The Kier molecular flexibility index (Phi) is 5.84. The molecule has 28 heavy (non-hydrogen) atoms. The second-order valence-corrected chi connectivity index (χ2v) is 6.36. The zero-order chi connectivity index (χ0) is 20.1. The highest BCUT2D eigenvalue weighted by Crippen LogP contribution is 2.24. The summed E-state index contributed by atoms with van der Waals surface area (Å²) in [6, 6.07) is 18.9. The van der Waals surface area contributed by atoms with Crippen LogP contribution in [0.5, 0.6) is 5.75 Å². The van der Waals surface area contributed by atoms with Crippen molar-refractivity contribution >= 4 is 11.9 Å². The number of hydrogen-bond donors (Lipinski definition) is 0. The van der Waals surface area contributed by atoms with Gasteiger partial charge in [0.2, 0.25) is 0 Å². The van der Waals surface area contributed by atoms with Gasteiger partial charge in [0.15, 0.2) is 0 Å². The molecule has 0 radical (unpaired) electrons. The van der Waals surface area contributed by atoms with E-state index in [2.05, 4.69) is 0 Å². The van der Waals surface area contributed by atoms with Crippen LogP contribution in [0.1, 0.15) is 28.4 Å². The second-order valence-electron chi connectivity index (χ2n) is 6.36. The van der Waals surface area contributed by atoms with Crippen molar-refractivity contribution in [2.24, 2.45) is 0 Å². The molecule has 0 aliphatic carbocycles. The molecule has 0 aliphatic rings. The number of hydrogen-bond acceptors (Lipinski definition) is 4. The van der Waals surface area contributed by atoms with Crippen LogP contribution in [0.2, 0.25) is 0 Å². The predicted molar refractivity (Wildman–Crippen MR) is 103 cm³/mol. The van der Waals surface area contributed by atoms with Gasteiger partial charge in [-0.1, -0.05) is 42.5 Å². The van der Waals surface area contributed by atoms with Crippen LogP contribution in [-0.2, 0) is 16.1 Å². The number of aryl methyl sites for hydroxylation is 1. The lowest BCUT2D eigenvalue weighted by molar-refractivity contribution is -0.142. The maximum atomic E-state index is 13.6. The fraction of sp³-hybridized carbons (Fsp3) is 0.130. The van der Waals surface area contributed by atoms with E-state index in [4.69, 9.17) is 9.47 Å². The lowest BCUT2D eigenvalue weighted by Crippen LogP contribution is -2.09. The molecule has 3 aromatic rings. The minimum Gasteiger partial charge on any atom is -0.461 e. The molecule has 142 valence electrons. The molecule has 0 aromatic heterocycles. The Hall–Kier alpha value is -3.47. The van der Waals surface area contributed by atoms with E-state index in [0.29, 0.717) is 11.3 Å². The Balaban J connectivity index is 1.66. The maximum Gasteiger partial charge on any atom is 0.343 e. The molecule has 0 N–H and O–H groups in total. The van der Waals surface area contributed by atoms with Crippen LogP contribution in [0.4, 0.5) is 4.39 Å². The zero-order valence-electron chi connectivity index (χ0n) is 15.6. The molecule has 0 spiro atoms. The van der Waals surface area contributed by atoms with Crippen LogP contribution in [0.25, 0.3) is 11.1 Å². The van der Waals surface area contributed by atoms with Crippen LogP contribution >= 0.6 is 0 Å². The summed E-state index contributed by atoms with van der Waals surface area (Å²) in [5.41, 5.74) is 3.45. The van der Waals surface area contributed by atoms with Gasteiger partial charge in [0.05, 0.1) is 5.56 Å². The minimum atomic E-state index is -0.610. The average molecular weight is 378 g/mol. The highest BCUT2D eigenvalue weighted by molar-refractivity contribution is 5.91.